The van der Waals surface area contributed by atoms with Crippen LogP contribution in [0.4, 0.5) is 15.8 Å². The van der Waals surface area contributed by atoms with Crippen molar-refractivity contribution in [1.29, 1.82) is 10.7 Å². The number of nitrogens with zero attached hydrogens (tertiary/aromatic N) is 5. The summed E-state index contributed by atoms with van der Waals surface area (Å²) in [6.45, 7) is 2.04. The summed E-state index contributed by atoms with van der Waals surface area (Å²) in [5.41, 5.74) is 8.33. The summed E-state index contributed by atoms with van der Waals surface area (Å²) in [6, 6.07) is 16.5. The Morgan fingerprint density at radius 3 is 2.74 bits per heavy atom. The van der Waals surface area contributed by atoms with Gasteiger partial charge >= 0.3 is 0 Å². The number of aromatic nitrogens is 1. The monoisotopic (exact) mass is 526 g/mol. The Bertz CT molecular complexity index is 1530. The molecule has 0 bridgehead atoms. The number of aliphatic imine (C=N–C) groups is 2. The van der Waals surface area contributed by atoms with E-state index in [1.165, 1.54) is 18.3 Å². The summed E-state index contributed by atoms with van der Waals surface area (Å²) in [7, 11) is 0. The summed E-state index contributed by atoms with van der Waals surface area (Å²) in [4.78, 5) is 27.8. The first kappa shape index (κ1) is 25.5. The van der Waals surface area contributed by atoms with E-state index in [-0.39, 0.29) is 11.4 Å². The molecule has 2 aliphatic rings. The van der Waals surface area contributed by atoms with Crippen LogP contribution in [0.3, 0.4) is 0 Å². The van der Waals surface area contributed by atoms with Crippen LogP contribution < -0.4 is 16.0 Å². The molecule has 1 aromatic heterocycles. The molecule has 1 saturated heterocycles. The fourth-order valence-electron chi connectivity index (χ4n) is 4.23. The minimum atomic E-state index is -1.42. The molecule has 0 saturated carbocycles. The van der Waals surface area contributed by atoms with Crippen molar-refractivity contribution in [2.75, 3.05) is 36.5 Å². The van der Waals surface area contributed by atoms with Crippen molar-refractivity contribution in [2.24, 2.45) is 15.7 Å². The summed E-state index contributed by atoms with van der Waals surface area (Å²) < 4.78 is 25.5. The largest absolute Gasteiger partial charge is 0.405 e. The van der Waals surface area contributed by atoms with Crippen molar-refractivity contribution in [3.05, 3.63) is 89.0 Å². The Balaban J connectivity index is 1.46. The van der Waals surface area contributed by atoms with Crippen molar-refractivity contribution in [1.82, 2.24) is 4.98 Å². The van der Waals surface area contributed by atoms with Crippen LogP contribution in [0, 0.1) is 22.6 Å². The average Bonchev–Trinajstić information content (AvgIpc) is 3.10. The van der Waals surface area contributed by atoms with Gasteiger partial charge in [0.1, 0.15) is 17.6 Å². The number of hydrogen-bond acceptors (Lipinski definition) is 9. The summed E-state index contributed by atoms with van der Waals surface area (Å²) in [5, 5.41) is 20.3. The van der Waals surface area contributed by atoms with E-state index in [1.807, 2.05) is 17.0 Å². The van der Waals surface area contributed by atoms with Crippen LogP contribution in [0.5, 0.6) is 0 Å². The van der Waals surface area contributed by atoms with Crippen LogP contribution in [-0.4, -0.2) is 61.0 Å². The maximum absolute atomic E-state index is 14.7. The van der Waals surface area contributed by atoms with Gasteiger partial charge in [0, 0.05) is 30.4 Å². The Kier molecular flexibility index (Phi) is 7.24. The highest BCUT2D eigenvalue weighted by Gasteiger charge is 2.28. The molecule has 2 aromatic carbocycles. The average molecular weight is 527 g/mol. The SMILES string of the molecule is N#Cc1cnc(C(=N)OC(N)=NC2N=C(c3ccccc3)c3cccc(F)c3NC2=O)c(N2CCOCC2)c1. The molecule has 39 heavy (non-hydrogen) atoms. The summed E-state index contributed by atoms with van der Waals surface area (Å²) in [6.07, 6.45) is -0.0988. The third kappa shape index (κ3) is 5.43. The maximum Gasteiger partial charge on any atom is 0.291 e. The zero-order valence-electron chi connectivity index (χ0n) is 20.6. The van der Waals surface area contributed by atoms with Crippen LogP contribution in [0.15, 0.2) is 70.8 Å². The van der Waals surface area contributed by atoms with Crippen molar-refractivity contribution in [3.63, 3.8) is 0 Å². The predicted octanol–water partition coefficient (Wildman–Crippen LogP) is 2.40. The number of benzene rings is 2. The van der Waals surface area contributed by atoms with Gasteiger partial charge in [0.15, 0.2) is 0 Å². The first-order valence-corrected chi connectivity index (χ1v) is 12.0. The number of nitriles is 1. The standard InChI is InChI=1S/C27H23FN8O3/c28-19-8-4-7-18-21(17-5-2-1-3-6-17)33-25(26(37)34-22(18)19)35-27(31)39-24(30)23-20(13-16(14-29)15-32-23)36-9-11-38-12-10-36/h1-8,13,15,25,30H,9-12H2,(H2,31,35)(H,34,37). The Morgan fingerprint density at radius 2 is 2.00 bits per heavy atom. The number of carbonyl (C=O) groups excluding carboxylic acids is 1. The number of ether oxygens (including phenoxy) is 2. The molecule has 2 aliphatic heterocycles. The molecule has 1 atom stereocenters. The van der Waals surface area contributed by atoms with Crippen LogP contribution in [0.1, 0.15) is 22.4 Å². The third-order valence-electron chi connectivity index (χ3n) is 6.07. The van der Waals surface area contributed by atoms with E-state index < -0.39 is 29.8 Å². The van der Waals surface area contributed by atoms with Gasteiger partial charge in [-0.05, 0) is 12.1 Å². The molecular formula is C27H23FN8O3. The molecule has 11 nitrogen and oxygen atoms in total. The Morgan fingerprint density at radius 1 is 1.23 bits per heavy atom. The number of morpholine rings is 1. The number of rotatable bonds is 4. The van der Waals surface area contributed by atoms with Crippen molar-refractivity contribution in [2.45, 2.75) is 6.17 Å². The van der Waals surface area contributed by atoms with Gasteiger partial charge in [-0.2, -0.15) is 10.3 Å². The second-order valence-corrected chi connectivity index (χ2v) is 8.57. The molecule has 1 unspecified atom stereocenters. The molecule has 12 heteroatoms. The van der Waals surface area contributed by atoms with Gasteiger partial charge in [0.05, 0.1) is 35.9 Å². The van der Waals surface area contributed by atoms with Gasteiger partial charge in [-0.3, -0.25) is 10.2 Å². The quantitative estimate of drug-likeness (QED) is 0.347. The number of pyridine rings is 1. The molecule has 5 rings (SSSR count). The first-order chi connectivity index (χ1) is 18.9. The van der Waals surface area contributed by atoms with Crippen LogP contribution in [0.2, 0.25) is 0 Å². The highest BCUT2D eigenvalue weighted by atomic mass is 19.1. The highest BCUT2D eigenvalue weighted by Crippen LogP contribution is 2.27. The highest BCUT2D eigenvalue weighted by molar-refractivity contribution is 6.19. The number of fused-ring (bicyclic) bond motifs is 1. The number of hydrogen-bond donors (Lipinski definition) is 3. The molecular weight excluding hydrogens is 503 g/mol. The molecule has 3 aromatic rings. The van der Waals surface area contributed by atoms with Gasteiger partial charge in [-0.1, -0.05) is 42.5 Å². The first-order valence-electron chi connectivity index (χ1n) is 12.0. The van der Waals surface area contributed by atoms with Gasteiger partial charge in [-0.15, -0.1) is 0 Å². The minimum Gasteiger partial charge on any atom is -0.405 e. The minimum absolute atomic E-state index is 0.0213. The Labute approximate surface area is 222 Å². The van der Waals surface area contributed by atoms with Crippen LogP contribution in [-0.2, 0) is 14.3 Å². The smallest absolute Gasteiger partial charge is 0.291 e. The summed E-state index contributed by atoms with van der Waals surface area (Å²) in [5.74, 6) is -1.78. The van der Waals surface area contributed by atoms with E-state index in [2.05, 4.69) is 20.3 Å². The number of halogens is 1. The number of benzodiazepines with no additional fused rings is 1. The normalized spacial score (nSPS) is 17.3. The van der Waals surface area contributed by atoms with E-state index in [0.29, 0.717) is 54.4 Å². The number of amides is 1. The van der Waals surface area contributed by atoms with Crippen molar-refractivity contribution < 1.29 is 18.7 Å². The molecule has 1 fully saturated rings. The van der Waals surface area contributed by atoms with E-state index in [9.17, 15) is 14.4 Å². The lowest BCUT2D eigenvalue weighted by atomic mass is 10.0. The number of carbonyl (C=O) groups is 1. The number of para-hydroxylation sites is 1. The topological polar surface area (TPSA) is 162 Å². The molecule has 4 N–H and O–H groups in total. The van der Waals surface area contributed by atoms with Gasteiger partial charge in [0.25, 0.3) is 11.9 Å². The number of nitrogens with one attached hydrogen (secondary N) is 2. The molecule has 0 radical (unpaired) electrons. The van der Waals surface area contributed by atoms with Gasteiger partial charge in [-0.25, -0.2) is 14.4 Å². The maximum atomic E-state index is 14.7. The summed E-state index contributed by atoms with van der Waals surface area (Å²) >= 11 is 0. The number of anilines is 2. The van der Waals surface area contributed by atoms with E-state index in [0.717, 1.165) is 0 Å². The molecule has 196 valence electrons. The lowest BCUT2D eigenvalue weighted by Gasteiger charge is -2.30. The molecule has 0 aliphatic carbocycles. The Hall–Kier alpha value is -5.15. The van der Waals surface area contributed by atoms with Crippen molar-refractivity contribution >= 4 is 34.9 Å². The van der Waals surface area contributed by atoms with E-state index in [4.69, 9.17) is 20.6 Å². The van der Waals surface area contributed by atoms with Gasteiger partial charge in [0.2, 0.25) is 12.1 Å². The van der Waals surface area contributed by atoms with Gasteiger partial charge < -0.3 is 25.4 Å². The fraction of sp³-hybridized carbons (Fsp3) is 0.185. The third-order valence-corrected chi connectivity index (χ3v) is 6.07. The number of amidine groups is 1. The molecule has 1 amide bonds. The zero-order valence-corrected chi connectivity index (χ0v) is 20.6. The second-order valence-electron chi connectivity index (χ2n) is 8.57. The van der Waals surface area contributed by atoms with E-state index in [1.54, 1.807) is 36.4 Å². The second kappa shape index (κ2) is 11.1. The van der Waals surface area contributed by atoms with Crippen molar-refractivity contribution in [3.8, 4) is 6.07 Å². The lowest BCUT2D eigenvalue weighted by Crippen LogP contribution is -2.37. The zero-order chi connectivity index (χ0) is 27.4. The number of nitrogens with two attached hydrogens (primary N) is 1. The molecule has 3 heterocycles. The fourth-order valence-corrected chi connectivity index (χ4v) is 4.23. The molecule has 0 spiro atoms. The van der Waals surface area contributed by atoms with E-state index >= 15 is 0 Å². The van der Waals surface area contributed by atoms with Crippen LogP contribution in [0.25, 0.3) is 0 Å². The van der Waals surface area contributed by atoms with Crippen LogP contribution >= 0.6 is 0 Å². The lowest BCUT2D eigenvalue weighted by molar-refractivity contribution is -0.117. The predicted molar refractivity (Wildman–Crippen MR) is 142 cm³/mol.